The van der Waals surface area contributed by atoms with Crippen molar-refractivity contribution in [2.24, 2.45) is 4.99 Å². The van der Waals surface area contributed by atoms with Crippen molar-refractivity contribution in [2.45, 2.75) is 0 Å². The quantitative estimate of drug-likeness (QED) is 0.216. The van der Waals surface area contributed by atoms with Gasteiger partial charge in [0.05, 0.1) is 18.9 Å². The number of rotatable bonds is 5. The molecule has 3 aromatic rings. The number of morpholine rings is 1. The van der Waals surface area contributed by atoms with E-state index in [-0.39, 0.29) is 11.7 Å². The Hall–Kier alpha value is -4.06. The van der Waals surface area contributed by atoms with Gasteiger partial charge in [0, 0.05) is 68.0 Å². The van der Waals surface area contributed by atoms with Crippen LogP contribution < -0.4 is 10.6 Å². The average molecular weight is 559 g/mol. The number of aromatic amines is 1. The van der Waals surface area contributed by atoms with Crippen molar-refractivity contribution >= 4 is 46.3 Å². The number of hydrogen-bond acceptors (Lipinski definition) is 5. The lowest BCUT2D eigenvalue weighted by Crippen LogP contribution is -2.47. The van der Waals surface area contributed by atoms with Crippen molar-refractivity contribution in [3.63, 3.8) is 0 Å². The van der Waals surface area contributed by atoms with E-state index < -0.39 is 0 Å². The molecule has 0 atom stereocenters. The van der Waals surface area contributed by atoms with E-state index in [1.165, 1.54) is 0 Å². The summed E-state index contributed by atoms with van der Waals surface area (Å²) in [7, 11) is 2.07. The largest absolute Gasteiger partial charge is 0.378 e. The van der Waals surface area contributed by atoms with Crippen LogP contribution in [0.3, 0.4) is 0 Å². The van der Waals surface area contributed by atoms with Crippen LogP contribution in [0.4, 0.5) is 11.4 Å². The van der Waals surface area contributed by atoms with Crippen LogP contribution in [0, 0.1) is 5.41 Å². The molecule has 4 N–H and O–H groups in total. The summed E-state index contributed by atoms with van der Waals surface area (Å²) in [5, 5.41) is 15.4. The standard InChI is InChI=1S/C29H34N8O2S/c1-35-13-15-37(16-14-35)28(38)22-6-10-24(11-7-22)33-29(40)32-23-8-4-21(5-9-23)26(30)34-27(25-3-2-12-31-25)36-17-19-39-20-18-36/h2-12,30-31H,13-20H2,1H3,(H2,32,33,40). The van der Waals surface area contributed by atoms with Crippen LogP contribution in [0.15, 0.2) is 71.9 Å². The van der Waals surface area contributed by atoms with Gasteiger partial charge in [-0.05, 0) is 79.9 Å². The molecule has 208 valence electrons. The van der Waals surface area contributed by atoms with Gasteiger partial charge in [-0.2, -0.15) is 0 Å². The lowest BCUT2D eigenvalue weighted by atomic mass is 10.1. The maximum absolute atomic E-state index is 12.8. The number of amides is 1. The summed E-state index contributed by atoms with van der Waals surface area (Å²) >= 11 is 5.49. The highest BCUT2D eigenvalue weighted by molar-refractivity contribution is 7.80. The Kier molecular flexibility index (Phi) is 8.84. The number of H-pyrrole nitrogens is 1. The van der Waals surface area contributed by atoms with Crippen molar-refractivity contribution in [1.29, 1.82) is 5.41 Å². The summed E-state index contributed by atoms with van der Waals surface area (Å²) in [5.74, 6) is 0.969. The van der Waals surface area contributed by atoms with Crippen molar-refractivity contribution in [2.75, 3.05) is 70.2 Å². The molecule has 0 spiro atoms. The Morgan fingerprint density at radius 3 is 2.05 bits per heavy atom. The SMILES string of the molecule is CN1CCN(C(=O)c2ccc(NC(=S)Nc3ccc(C(=N)N=C(c4ccc[nH]4)N4CCOCC4)cc3)cc2)CC1. The molecule has 2 aromatic carbocycles. The lowest BCUT2D eigenvalue weighted by molar-refractivity contribution is 0.0664. The normalized spacial score (nSPS) is 16.5. The maximum atomic E-state index is 12.8. The Labute approximate surface area is 239 Å². The van der Waals surface area contributed by atoms with E-state index in [9.17, 15) is 4.79 Å². The third-order valence-electron chi connectivity index (χ3n) is 6.96. The number of amidine groups is 2. The number of aliphatic imine (C=N–C) groups is 1. The number of nitrogens with one attached hydrogen (secondary N) is 4. The molecule has 0 radical (unpaired) electrons. The molecule has 0 bridgehead atoms. The van der Waals surface area contributed by atoms with Gasteiger partial charge in [0.25, 0.3) is 5.91 Å². The second-order valence-corrected chi connectivity index (χ2v) is 10.2. The fourth-order valence-electron chi connectivity index (χ4n) is 4.61. The minimum atomic E-state index is 0.0558. The van der Waals surface area contributed by atoms with Gasteiger partial charge >= 0.3 is 0 Å². The smallest absolute Gasteiger partial charge is 0.253 e. The molecular weight excluding hydrogens is 524 g/mol. The molecule has 10 nitrogen and oxygen atoms in total. The van der Waals surface area contributed by atoms with Crippen molar-refractivity contribution < 1.29 is 9.53 Å². The number of nitrogens with zero attached hydrogens (tertiary/aromatic N) is 4. The number of hydrogen-bond donors (Lipinski definition) is 4. The number of anilines is 2. The van der Waals surface area contributed by atoms with E-state index in [0.29, 0.717) is 29.5 Å². The second-order valence-electron chi connectivity index (χ2n) is 9.80. The number of carbonyl (C=O) groups excluding carboxylic acids is 1. The number of carbonyl (C=O) groups is 1. The highest BCUT2D eigenvalue weighted by Gasteiger charge is 2.21. The minimum Gasteiger partial charge on any atom is -0.378 e. The minimum absolute atomic E-state index is 0.0558. The first kappa shape index (κ1) is 27.5. The van der Waals surface area contributed by atoms with Crippen LogP contribution in [0.5, 0.6) is 0 Å². The first-order chi connectivity index (χ1) is 19.5. The van der Waals surface area contributed by atoms with Gasteiger partial charge in [0.2, 0.25) is 0 Å². The molecule has 1 amide bonds. The summed E-state index contributed by atoms with van der Waals surface area (Å²) in [6.45, 7) is 6.01. The first-order valence-electron chi connectivity index (χ1n) is 13.4. The van der Waals surface area contributed by atoms with Crippen LogP contribution >= 0.6 is 12.2 Å². The zero-order chi connectivity index (χ0) is 27.9. The fourth-order valence-corrected chi connectivity index (χ4v) is 4.85. The highest BCUT2D eigenvalue weighted by Crippen LogP contribution is 2.16. The zero-order valence-corrected chi connectivity index (χ0v) is 23.3. The Morgan fingerprint density at radius 2 is 1.48 bits per heavy atom. The van der Waals surface area contributed by atoms with Gasteiger partial charge in [-0.1, -0.05) is 0 Å². The first-order valence-corrected chi connectivity index (χ1v) is 13.8. The number of thiocarbonyl (C=S) groups is 1. The van der Waals surface area contributed by atoms with Crippen molar-refractivity contribution in [3.05, 3.63) is 83.7 Å². The monoisotopic (exact) mass is 558 g/mol. The molecular formula is C29H34N8O2S. The molecule has 2 fully saturated rings. The molecule has 0 saturated carbocycles. The van der Waals surface area contributed by atoms with Gasteiger partial charge in [0.15, 0.2) is 16.8 Å². The van der Waals surface area contributed by atoms with E-state index in [1.807, 2.05) is 71.8 Å². The van der Waals surface area contributed by atoms with E-state index in [2.05, 4.69) is 37.5 Å². The number of piperazine rings is 1. The maximum Gasteiger partial charge on any atom is 0.253 e. The van der Waals surface area contributed by atoms with Crippen molar-refractivity contribution in [3.8, 4) is 0 Å². The topological polar surface area (TPSA) is 112 Å². The van der Waals surface area contributed by atoms with Gasteiger partial charge in [-0.25, -0.2) is 4.99 Å². The van der Waals surface area contributed by atoms with E-state index in [1.54, 1.807) is 0 Å². The summed E-state index contributed by atoms with van der Waals surface area (Å²) in [4.78, 5) is 26.9. The predicted octanol–water partition coefficient (Wildman–Crippen LogP) is 3.32. The van der Waals surface area contributed by atoms with Crippen LogP contribution in [0.25, 0.3) is 0 Å². The van der Waals surface area contributed by atoms with Gasteiger partial charge in [-0.3, -0.25) is 10.2 Å². The Morgan fingerprint density at radius 1 is 0.875 bits per heavy atom. The summed E-state index contributed by atoms with van der Waals surface area (Å²) < 4.78 is 5.48. The average Bonchev–Trinajstić information content (AvgIpc) is 3.52. The molecule has 2 saturated heterocycles. The zero-order valence-electron chi connectivity index (χ0n) is 22.5. The number of ether oxygens (including phenoxy) is 1. The third-order valence-corrected chi connectivity index (χ3v) is 7.17. The molecule has 11 heteroatoms. The molecule has 40 heavy (non-hydrogen) atoms. The molecule has 3 heterocycles. The van der Waals surface area contributed by atoms with Crippen LogP contribution in [0.1, 0.15) is 21.6 Å². The van der Waals surface area contributed by atoms with Gasteiger partial charge in [0.1, 0.15) is 0 Å². The van der Waals surface area contributed by atoms with E-state index in [4.69, 9.17) is 22.4 Å². The van der Waals surface area contributed by atoms with E-state index >= 15 is 0 Å². The second kappa shape index (κ2) is 12.9. The predicted molar refractivity (Wildman–Crippen MR) is 163 cm³/mol. The lowest BCUT2D eigenvalue weighted by Gasteiger charge is -2.32. The molecule has 2 aliphatic heterocycles. The van der Waals surface area contributed by atoms with Gasteiger partial charge < -0.3 is 35.1 Å². The number of likely N-dealkylation sites (N-methyl/N-ethyl adjacent to an activating group) is 1. The third kappa shape index (κ3) is 6.92. The van der Waals surface area contributed by atoms with Gasteiger partial charge in [-0.15, -0.1) is 0 Å². The Bertz CT molecular complexity index is 1340. The van der Waals surface area contributed by atoms with E-state index in [0.717, 1.165) is 62.2 Å². The molecule has 0 aliphatic carbocycles. The summed E-state index contributed by atoms with van der Waals surface area (Å²) in [6, 6.07) is 18.7. The van der Waals surface area contributed by atoms with Crippen LogP contribution in [-0.4, -0.2) is 102 Å². The molecule has 1 aromatic heterocycles. The molecule has 2 aliphatic rings. The number of aromatic nitrogens is 1. The molecule has 0 unspecified atom stereocenters. The number of benzene rings is 2. The fraction of sp³-hybridized carbons (Fsp3) is 0.310. The van der Waals surface area contributed by atoms with Crippen LogP contribution in [0.2, 0.25) is 0 Å². The molecule has 5 rings (SSSR count). The highest BCUT2D eigenvalue weighted by atomic mass is 32.1. The van der Waals surface area contributed by atoms with Crippen molar-refractivity contribution in [1.82, 2.24) is 19.7 Å². The Balaban J connectivity index is 1.17. The summed E-state index contributed by atoms with van der Waals surface area (Å²) in [5.41, 5.74) is 3.82. The summed E-state index contributed by atoms with van der Waals surface area (Å²) in [6.07, 6.45) is 1.86. The van der Waals surface area contributed by atoms with Crippen LogP contribution in [-0.2, 0) is 4.74 Å².